The highest BCUT2D eigenvalue weighted by Gasteiger charge is 2.36. The molecule has 1 aliphatic carbocycles. The van der Waals surface area contributed by atoms with Gasteiger partial charge in [-0.25, -0.2) is 0 Å². The Kier molecular flexibility index (Phi) is 8.13. The molecule has 2 aromatic heterocycles. The van der Waals surface area contributed by atoms with Gasteiger partial charge in [-0.2, -0.15) is 17.5 Å². The Morgan fingerprint density at radius 2 is 0.717 bits per heavy atom. The maximum Gasteiger partial charge on any atom is 0.119 e. The van der Waals surface area contributed by atoms with Gasteiger partial charge in [-0.15, -0.1) is 0 Å². The molecule has 262 valence electrons. The van der Waals surface area contributed by atoms with Gasteiger partial charge in [0.25, 0.3) is 0 Å². The zero-order chi connectivity index (χ0) is 36.4. The predicted molar refractivity (Wildman–Crippen MR) is 219 cm³/mol. The molecule has 2 heterocycles. The summed E-state index contributed by atoms with van der Waals surface area (Å²) in [6, 6.07) is 38.9. The van der Waals surface area contributed by atoms with E-state index < -0.39 is 0 Å². The second kappa shape index (κ2) is 12.9. The number of nitrogens with zero attached hydrogens (tertiary/aromatic N) is 4. The molecular weight excluding hydrogens is 693 g/mol. The van der Waals surface area contributed by atoms with Crippen molar-refractivity contribution in [3.8, 4) is 67.1 Å². The zero-order valence-corrected chi connectivity index (χ0v) is 32.1. The fraction of sp³-hybridized carbons (Fsp3) is 0.200. The van der Waals surface area contributed by atoms with Gasteiger partial charge in [0.1, 0.15) is 33.6 Å². The monoisotopic (exact) mass is 730 g/mol. The molecule has 0 saturated heterocycles. The SMILES string of the molecule is CC(C)Oc1ccc(-c2ccc(-c3ccc4c(c3)C(C)(C)c3cc(-c5ccc(-c6ccc(OC(C)C)cc6)c6nsnc56)ccc3-4)c3nsnc23)cc1. The van der Waals surface area contributed by atoms with Crippen molar-refractivity contribution in [2.45, 2.75) is 59.2 Å². The first-order chi connectivity index (χ1) is 25.7. The summed E-state index contributed by atoms with van der Waals surface area (Å²) in [7, 11) is 0. The van der Waals surface area contributed by atoms with Crippen LogP contribution in [0.3, 0.4) is 0 Å². The van der Waals surface area contributed by atoms with E-state index in [9.17, 15) is 0 Å². The molecule has 0 N–H and O–H groups in total. The average molecular weight is 731 g/mol. The van der Waals surface area contributed by atoms with Crippen LogP contribution in [0.1, 0.15) is 52.7 Å². The molecule has 53 heavy (non-hydrogen) atoms. The number of fused-ring (bicyclic) bond motifs is 5. The Morgan fingerprint density at radius 1 is 0.415 bits per heavy atom. The van der Waals surface area contributed by atoms with Gasteiger partial charge in [-0.05, 0) is 109 Å². The number of rotatable bonds is 8. The van der Waals surface area contributed by atoms with E-state index in [0.717, 1.165) is 78.1 Å². The van der Waals surface area contributed by atoms with E-state index in [0.29, 0.717) is 0 Å². The van der Waals surface area contributed by atoms with Crippen molar-refractivity contribution < 1.29 is 9.47 Å². The van der Waals surface area contributed by atoms with Gasteiger partial charge in [0.15, 0.2) is 0 Å². The van der Waals surface area contributed by atoms with Crippen LogP contribution in [-0.4, -0.2) is 29.7 Å². The summed E-state index contributed by atoms with van der Waals surface area (Å²) in [4.78, 5) is 0. The summed E-state index contributed by atoms with van der Waals surface area (Å²) in [6.45, 7) is 12.8. The van der Waals surface area contributed by atoms with Gasteiger partial charge < -0.3 is 9.47 Å². The second-order valence-corrected chi connectivity index (χ2v) is 15.8. The van der Waals surface area contributed by atoms with Crippen LogP contribution in [0, 0.1) is 0 Å². The lowest BCUT2D eigenvalue weighted by Gasteiger charge is -2.23. The number of ether oxygens (including phenoxy) is 2. The predicted octanol–water partition coefficient (Wildman–Crippen LogP) is 12.2. The van der Waals surface area contributed by atoms with Crippen molar-refractivity contribution in [3.63, 3.8) is 0 Å². The van der Waals surface area contributed by atoms with Gasteiger partial charge in [0.2, 0.25) is 0 Å². The normalized spacial score (nSPS) is 13.2. The molecule has 0 saturated carbocycles. The summed E-state index contributed by atoms with van der Waals surface area (Å²) < 4.78 is 30.9. The van der Waals surface area contributed by atoms with Crippen molar-refractivity contribution in [1.29, 1.82) is 0 Å². The van der Waals surface area contributed by atoms with E-state index >= 15 is 0 Å². The van der Waals surface area contributed by atoms with Crippen molar-refractivity contribution in [2.75, 3.05) is 0 Å². The summed E-state index contributed by atoms with van der Waals surface area (Å²) in [5, 5.41) is 0. The van der Waals surface area contributed by atoms with Crippen molar-refractivity contribution >= 4 is 45.5 Å². The van der Waals surface area contributed by atoms with Crippen LogP contribution in [0.5, 0.6) is 11.5 Å². The lowest BCUT2D eigenvalue weighted by molar-refractivity contribution is 0.242. The largest absolute Gasteiger partial charge is 0.491 e. The number of benzene rings is 6. The standard InChI is InChI=1S/C45H38N4O2S2/c1-25(2)50-31-13-7-27(8-14-31)33-19-21-35(43-41(33)46-52-48-43)29-11-17-37-38-18-12-30(24-40(38)45(5,6)39(37)23-29)36-22-20-34(42-44(36)49-53-47-42)28-9-15-32(16-10-28)51-26(3)4/h7-26H,1-6H3. The average Bonchev–Trinajstić information content (AvgIpc) is 3.89. The van der Waals surface area contributed by atoms with Crippen LogP contribution in [0.25, 0.3) is 77.7 Å². The van der Waals surface area contributed by atoms with E-state index in [4.69, 9.17) is 27.0 Å². The fourth-order valence-corrected chi connectivity index (χ4v) is 8.86. The number of aromatic nitrogens is 4. The summed E-state index contributed by atoms with van der Waals surface area (Å²) in [5.41, 5.74) is 17.4. The molecule has 6 aromatic carbocycles. The molecule has 0 bridgehead atoms. The zero-order valence-electron chi connectivity index (χ0n) is 30.5. The minimum absolute atomic E-state index is 0.131. The van der Waals surface area contributed by atoms with Gasteiger partial charge in [-0.3, -0.25) is 0 Å². The summed E-state index contributed by atoms with van der Waals surface area (Å²) in [6.07, 6.45) is 0.262. The maximum atomic E-state index is 5.87. The van der Waals surface area contributed by atoms with E-state index in [1.807, 2.05) is 52.0 Å². The van der Waals surface area contributed by atoms with E-state index in [2.05, 4.69) is 98.8 Å². The summed E-state index contributed by atoms with van der Waals surface area (Å²) in [5.74, 6) is 1.73. The Balaban J connectivity index is 1.05. The second-order valence-electron chi connectivity index (χ2n) is 14.8. The molecule has 8 aromatic rings. The van der Waals surface area contributed by atoms with Gasteiger partial charge in [0, 0.05) is 27.7 Å². The Bertz CT molecular complexity index is 2470. The molecule has 0 atom stereocenters. The first kappa shape index (κ1) is 33.4. The highest BCUT2D eigenvalue weighted by Crippen LogP contribution is 2.51. The third kappa shape index (κ3) is 5.77. The van der Waals surface area contributed by atoms with Crippen LogP contribution in [0.4, 0.5) is 0 Å². The van der Waals surface area contributed by atoms with E-state index in [-0.39, 0.29) is 17.6 Å². The maximum absolute atomic E-state index is 5.87. The number of hydrogen-bond donors (Lipinski definition) is 0. The lowest BCUT2D eigenvalue weighted by atomic mass is 9.80. The van der Waals surface area contributed by atoms with Crippen LogP contribution >= 0.6 is 23.5 Å². The molecular formula is C45H38N4O2S2. The molecule has 0 fully saturated rings. The fourth-order valence-electron chi connectivity index (χ4n) is 7.71. The third-order valence-electron chi connectivity index (χ3n) is 10.2. The minimum Gasteiger partial charge on any atom is -0.491 e. The summed E-state index contributed by atoms with van der Waals surface area (Å²) >= 11 is 2.52. The van der Waals surface area contributed by atoms with Crippen molar-refractivity contribution in [1.82, 2.24) is 17.5 Å². The third-order valence-corrected chi connectivity index (χ3v) is 11.3. The lowest BCUT2D eigenvalue weighted by Crippen LogP contribution is -2.15. The molecule has 9 rings (SSSR count). The Morgan fingerprint density at radius 3 is 1.06 bits per heavy atom. The molecule has 1 aliphatic rings. The quantitative estimate of drug-likeness (QED) is 0.155. The Hall–Kier alpha value is -5.44. The molecule has 0 unspecified atom stereocenters. The minimum atomic E-state index is -0.213. The number of hydrogen-bond acceptors (Lipinski definition) is 8. The van der Waals surface area contributed by atoms with Crippen LogP contribution < -0.4 is 9.47 Å². The molecule has 8 heteroatoms. The Labute approximate surface area is 317 Å². The molecule has 0 radical (unpaired) electrons. The first-order valence-corrected chi connectivity index (χ1v) is 19.5. The highest BCUT2D eigenvalue weighted by atomic mass is 32.1. The van der Waals surface area contributed by atoms with Crippen molar-refractivity contribution in [2.24, 2.45) is 0 Å². The molecule has 0 spiro atoms. The van der Waals surface area contributed by atoms with Gasteiger partial charge in [-0.1, -0.05) is 86.6 Å². The van der Waals surface area contributed by atoms with Crippen LogP contribution in [-0.2, 0) is 5.41 Å². The molecule has 6 nitrogen and oxygen atoms in total. The highest BCUT2D eigenvalue weighted by molar-refractivity contribution is 7.00. The molecule has 0 amide bonds. The van der Waals surface area contributed by atoms with Gasteiger partial charge in [0.05, 0.1) is 35.7 Å². The van der Waals surface area contributed by atoms with E-state index in [1.165, 1.54) is 45.7 Å². The van der Waals surface area contributed by atoms with Gasteiger partial charge >= 0.3 is 0 Å². The molecule has 0 aliphatic heterocycles. The van der Waals surface area contributed by atoms with Crippen molar-refractivity contribution in [3.05, 3.63) is 120 Å². The smallest absolute Gasteiger partial charge is 0.119 e. The van der Waals surface area contributed by atoms with E-state index in [1.54, 1.807) is 0 Å². The van der Waals surface area contributed by atoms with Crippen LogP contribution in [0.15, 0.2) is 109 Å². The first-order valence-electron chi connectivity index (χ1n) is 18.0. The van der Waals surface area contributed by atoms with Crippen LogP contribution in [0.2, 0.25) is 0 Å². The topological polar surface area (TPSA) is 70.0 Å².